The van der Waals surface area contributed by atoms with Crippen molar-refractivity contribution in [3.05, 3.63) is 64.1 Å². The molecule has 0 saturated carbocycles. The van der Waals surface area contributed by atoms with Crippen molar-refractivity contribution >= 4 is 38.9 Å². The highest BCUT2D eigenvalue weighted by molar-refractivity contribution is 7.91. The average Bonchev–Trinajstić information content (AvgIpc) is 2.98. The summed E-state index contributed by atoms with van der Waals surface area (Å²) in [5, 5.41) is 1.04. The molecular formula is C19H19Cl2NO4S. The van der Waals surface area contributed by atoms with Crippen LogP contribution in [0.1, 0.15) is 12.0 Å². The molecule has 2 aromatic carbocycles. The first-order chi connectivity index (χ1) is 12.8. The Balaban J connectivity index is 1.76. The molecule has 27 heavy (non-hydrogen) atoms. The lowest BCUT2D eigenvalue weighted by atomic mass is 10.1. The Morgan fingerprint density at radius 3 is 2.59 bits per heavy atom. The van der Waals surface area contributed by atoms with Gasteiger partial charge < -0.3 is 9.64 Å². The number of hydrogen-bond acceptors (Lipinski definition) is 4. The summed E-state index contributed by atoms with van der Waals surface area (Å²) in [6.07, 6.45) is 0.412. The Morgan fingerprint density at radius 1 is 1.15 bits per heavy atom. The van der Waals surface area contributed by atoms with Crippen molar-refractivity contribution in [3.63, 3.8) is 0 Å². The molecule has 0 spiro atoms. The minimum atomic E-state index is -3.13. The Morgan fingerprint density at radius 2 is 1.93 bits per heavy atom. The second kappa shape index (κ2) is 8.50. The molecule has 0 N–H and O–H groups in total. The number of sulfone groups is 1. The maximum absolute atomic E-state index is 12.8. The van der Waals surface area contributed by atoms with Gasteiger partial charge in [-0.2, -0.15) is 0 Å². The van der Waals surface area contributed by atoms with E-state index in [2.05, 4.69) is 0 Å². The molecule has 1 aliphatic heterocycles. The summed E-state index contributed by atoms with van der Waals surface area (Å²) in [6.45, 7) is 0.0267. The van der Waals surface area contributed by atoms with Crippen LogP contribution >= 0.6 is 23.2 Å². The lowest BCUT2D eigenvalue weighted by Gasteiger charge is -2.28. The number of carbonyl (C=O) groups is 1. The summed E-state index contributed by atoms with van der Waals surface area (Å²) in [5.74, 6) is 0.226. The van der Waals surface area contributed by atoms with Crippen LogP contribution in [0, 0.1) is 0 Å². The van der Waals surface area contributed by atoms with Gasteiger partial charge in [-0.25, -0.2) is 8.42 Å². The standard InChI is InChI=1S/C19H19Cl2NO4S/c20-15-5-3-6-17(10-15)26-12-19(23)22(16-8-9-27(24,25)13-16)11-14-4-1-2-7-18(14)21/h1-7,10,16H,8-9,11-13H2. The number of benzene rings is 2. The minimum Gasteiger partial charge on any atom is -0.484 e. The minimum absolute atomic E-state index is 0.0413. The first-order valence-electron chi connectivity index (χ1n) is 8.46. The van der Waals surface area contributed by atoms with E-state index in [1.54, 1.807) is 41.3 Å². The number of halogens is 2. The molecule has 1 atom stereocenters. The summed E-state index contributed by atoms with van der Waals surface area (Å²) in [4.78, 5) is 14.4. The Bertz CT molecular complexity index is 933. The maximum atomic E-state index is 12.8. The van der Waals surface area contributed by atoms with Crippen LogP contribution in [-0.4, -0.2) is 43.4 Å². The van der Waals surface area contributed by atoms with Crippen LogP contribution in [0.2, 0.25) is 10.0 Å². The van der Waals surface area contributed by atoms with Gasteiger partial charge in [-0.05, 0) is 36.2 Å². The highest BCUT2D eigenvalue weighted by atomic mass is 35.5. The fourth-order valence-corrected chi connectivity index (χ4v) is 5.14. The lowest BCUT2D eigenvalue weighted by molar-refractivity contribution is -0.136. The van der Waals surface area contributed by atoms with Crippen LogP contribution in [0.25, 0.3) is 0 Å². The molecule has 1 aliphatic rings. The summed E-state index contributed by atoms with van der Waals surface area (Å²) < 4.78 is 29.3. The Labute approximate surface area is 168 Å². The predicted octanol–water partition coefficient (Wildman–Crippen LogP) is 3.59. The predicted molar refractivity (Wildman–Crippen MR) is 106 cm³/mol. The Kier molecular flexibility index (Phi) is 6.29. The fraction of sp³-hybridized carbons (Fsp3) is 0.316. The molecule has 2 aromatic rings. The quantitative estimate of drug-likeness (QED) is 0.706. The van der Waals surface area contributed by atoms with Crippen molar-refractivity contribution < 1.29 is 17.9 Å². The summed E-state index contributed by atoms with van der Waals surface area (Å²) in [6, 6.07) is 13.6. The van der Waals surface area contributed by atoms with Crippen molar-refractivity contribution in [2.75, 3.05) is 18.1 Å². The monoisotopic (exact) mass is 427 g/mol. The Hall–Kier alpha value is -1.76. The first-order valence-corrected chi connectivity index (χ1v) is 11.0. The number of carbonyl (C=O) groups excluding carboxylic acids is 1. The highest BCUT2D eigenvalue weighted by Crippen LogP contribution is 2.24. The van der Waals surface area contributed by atoms with Crippen LogP contribution in [0.15, 0.2) is 48.5 Å². The van der Waals surface area contributed by atoms with E-state index in [0.717, 1.165) is 5.56 Å². The molecule has 8 heteroatoms. The molecule has 0 aromatic heterocycles. The van der Waals surface area contributed by atoms with E-state index in [1.807, 2.05) is 12.1 Å². The maximum Gasteiger partial charge on any atom is 0.261 e. The van der Waals surface area contributed by atoms with E-state index in [-0.39, 0.29) is 36.6 Å². The fourth-order valence-electron chi connectivity index (χ4n) is 3.04. The van der Waals surface area contributed by atoms with Crippen molar-refractivity contribution in [2.24, 2.45) is 0 Å². The van der Waals surface area contributed by atoms with Crippen molar-refractivity contribution in [3.8, 4) is 5.75 Å². The SMILES string of the molecule is O=C(COc1cccc(Cl)c1)N(Cc1ccccc1Cl)C1CCS(=O)(=O)C1. The summed E-state index contributed by atoms with van der Waals surface area (Å²) >= 11 is 12.1. The summed E-state index contributed by atoms with van der Waals surface area (Å²) in [5.41, 5.74) is 0.763. The number of rotatable bonds is 6. The summed E-state index contributed by atoms with van der Waals surface area (Å²) in [7, 11) is -3.13. The molecule has 3 rings (SSSR count). The van der Waals surface area contributed by atoms with Gasteiger partial charge in [-0.3, -0.25) is 4.79 Å². The van der Waals surface area contributed by atoms with E-state index >= 15 is 0 Å². The first kappa shape index (κ1) is 20.0. The van der Waals surface area contributed by atoms with Crippen LogP contribution in [0.4, 0.5) is 0 Å². The van der Waals surface area contributed by atoms with E-state index in [9.17, 15) is 13.2 Å². The number of amides is 1. The third-order valence-corrected chi connectivity index (χ3v) is 6.78. The van der Waals surface area contributed by atoms with E-state index in [1.165, 1.54) is 0 Å². The molecule has 0 bridgehead atoms. The molecular weight excluding hydrogens is 409 g/mol. The lowest BCUT2D eigenvalue weighted by Crippen LogP contribution is -2.43. The molecule has 1 saturated heterocycles. The van der Waals surface area contributed by atoms with Gasteiger partial charge >= 0.3 is 0 Å². The molecule has 0 radical (unpaired) electrons. The second-order valence-corrected chi connectivity index (χ2v) is 9.49. The van der Waals surface area contributed by atoms with Crippen LogP contribution in [-0.2, 0) is 21.2 Å². The zero-order valence-corrected chi connectivity index (χ0v) is 16.8. The van der Waals surface area contributed by atoms with Gasteiger partial charge in [-0.15, -0.1) is 0 Å². The van der Waals surface area contributed by atoms with Crippen LogP contribution in [0.3, 0.4) is 0 Å². The normalized spacial score (nSPS) is 18.2. The van der Waals surface area contributed by atoms with Gasteiger partial charge in [0, 0.05) is 22.6 Å². The van der Waals surface area contributed by atoms with Gasteiger partial charge in [0.15, 0.2) is 16.4 Å². The van der Waals surface area contributed by atoms with E-state index in [4.69, 9.17) is 27.9 Å². The van der Waals surface area contributed by atoms with Gasteiger partial charge in [0.25, 0.3) is 5.91 Å². The molecule has 1 amide bonds. The molecule has 0 aliphatic carbocycles. The number of nitrogens with zero attached hydrogens (tertiary/aromatic N) is 1. The van der Waals surface area contributed by atoms with E-state index in [0.29, 0.717) is 22.2 Å². The van der Waals surface area contributed by atoms with Gasteiger partial charge in [0.1, 0.15) is 5.75 Å². The molecule has 5 nitrogen and oxygen atoms in total. The zero-order chi connectivity index (χ0) is 19.4. The molecule has 1 unspecified atom stereocenters. The van der Waals surface area contributed by atoms with E-state index < -0.39 is 9.84 Å². The van der Waals surface area contributed by atoms with Crippen LogP contribution in [0.5, 0.6) is 5.75 Å². The average molecular weight is 428 g/mol. The van der Waals surface area contributed by atoms with Crippen molar-refractivity contribution in [1.82, 2.24) is 4.90 Å². The molecule has 1 heterocycles. The molecule has 1 fully saturated rings. The van der Waals surface area contributed by atoms with Gasteiger partial charge in [0.05, 0.1) is 11.5 Å². The number of hydrogen-bond donors (Lipinski definition) is 0. The van der Waals surface area contributed by atoms with Crippen molar-refractivity contribution in [2.45, 2.75) is 19.0 Å². The highest BCUT2D eigenvalue weighted by Gasteiger charge is 2.35. The van der Waals surface area contributed by atoms with Crippen LogP contribution < -0.4 is 4.74 Å². The third-order valence-electron chi connectivity index (χ3n) is 4.43. The van der Waals surface area contributed by atoms with Gasteiger partial charge in [0.2, 0.25) is 0 Å². The van der Waals surface area contributed by atoms with Crippen molar-refractivity contribution in [1.29, 1.82) is 0 Å². The van der Waals surface area contributed by atoms with Gasteiger partial charge in [-0.1, -0.05) is 47.5 Å². The topological polar surface area (TPSA) is 63.7 Å². The number of ether oxygens (including phenoxy) is 1. The molecule has 144 valence electrons. The largest absolute Gasteiger partial charge is 0.484 e. The zero-order valence-electron chi connectivity index (χ0n) is 14.5. The smallest absolute Gasteiger partial charge is 0.261 e. The second-order valence-electron chi connectivity index (χ2n) is 6.42. The third kappa shape index (κ3) is 5.37.